The van der Waals surface area contributed by atoms with Crippen LogP contribution in [0.4, 0.5) is 0 Å². The molecule has 0 aliphatic carbocycles. The number of thioether (sulfide) groups is 1. The van der Waals surface area contributed by atoms with Crippen molar-refractivity contribution in [1.82, 2.24) is 0 Å². The van der Waals surface area contributed by atoms with Crippen LogP contribution in [-0.4, -0.2) is 27.7 Å². The van der Waals surface area contributed by atoms with Crippen molar-refractivity contribution in [2.24, 2.45) is 11.7 Å². The van der Waals surface area contributed by atoms with Crippen molar-refractivity contribution in [2.75, 3.05) is 5.75 Å². The fourth-order valence-corrected chi connectivity index (χ4v) is 3.33. The summed E-state index contributed by atoms with van der Waals surface area (Å²) in [6.45, 7) is 1.47. The summed E-state index contributed by atoms with van der Waals surface area (Å²) in [5.74, 6) is -1.23. The first-order valence-corrected chi connectivity index (χ1v) is 9.17. The minimum absolute atomic E-state index is 0.0461. The van der Waals surface area contributed by atoms with Crippen LogP contribution in [0.15, 0.2) is 54.6 Å². The summed E-state index contributed by atoms with van der Waals surface area (Å²) in [7, 11) is 0. The van der Waals surface area contributed by atoms with E-state index in [4.69, 9.17) is 10.8 Å². The second-order valence-electron chi connectivity index (χ2n) is 6.00. The van der Waals surface area contributed by atoms with Crippen molar-refractivity contribution in [1.29, 1.82) is 0 Å². The van der Waals surface area contributed by atoms with Crippen LogP contribution in [0, 0.1) is 5.92 Å². The Balaban J connectivity index is 2.17. The first-order valence-electron chi connectivity index (χ1n) is 8.18. The molecule has 0 bridgehead atoms. The Labute approximate surface area is 156 Å². The minimum Gasteiger partial charge on any atom is -0.478 e. The topological polar surface area (TPSA) is 97.5 Å². The standard InChI is InChI=1S/C20H21NO4S/c1-13(22)26-12-17(11-14-5-3-2-4-6-14)19(23)18(21)15-7-9-16(10-8-15)20(24)25/h2-10,17-18H,11-12,21H2,1H3,(H,24,25). The fourth-order valence-electron chi connectivity index (χ4n) is 2.61. The molecule has 0 aromatic heterocycles. The average molecular weight is 371 g/mol. The highest BCUT2D eigenvalue weighted by atomic mass is 32.2. The van der Waals surface area contributed by atoms with Crippen LogP contribution in [0.25, 0.3) is 0 Å². The van der Waals surface area contributed by atoms with Gasteiger partial charge in [-0.15, -0.1) is 0 Å². The first kappa shape index (κ1) is 19.9. The second kappa shape index (κ2) is 9.31. The molecule has 6 heteroatoms. The Morgan fingerprint density at radius 3 is 2.19 bits per heavy atom. The van der Waals surface area contributed by atoms with Gasteiger partial charge in [-0.2, -0.15) is 0 Å². The summed E-state index contributed by atoms with van der Waals surface area (Å²) >= 11 is 1.11. The third-order valence-corrected chi connectivity index (χ3v) is 5.01. The molecule has 0 fully saturated rings. The summed E-state index contributed by atoms with van der Waals surface area (Å²) < 4.78 is 0. The van der Waals surface area contributed by atoms with Gasteiger partial charge in [0.2, 0.25) is 0 Å². The van der Waals surface area contributed by atoms with E-state index in [1.807, 2.05) is 30.3 Å². The molecule has 2 aromatic rings. The average Bonchev–Trinajstić information content (AvgIpc) is 2.64. The van der Waals surface area contributed by atoms with Crippen molar-refractivity contribution >= 4 is 28.6 Å². The van der Waals surface area contributed by atoms with Crippen molar-refractivity contribution in [2.45, 2.75) is 19.4 Å². The molecule has 0 saturated heterocycles. The lowest BCUT2D eigenvalue weighted by molar-refractivity contribution is -0.123. The third kappa shape index (κ3) is 5.54. The maximum atomic E-state index is 12.9. The fraction of sp³-hybridized carbons (Fsp3) is 0.250. The van der Waals surface area contributed by atoms with Crippen LogP contribution in [0.3, 0.4) is 0 Å². The van der Waals surface area contributed by atoms with Gasteiger partial charge in [-0.05, 0) is 29.7 Å². The first-order chi connectivity index (χ1) is 12.4. The molecule has 5 nitrogen and oxygen atoms in total. The monoisotopic (exact) mass is 371 g/mol. The van der Waals surface area contributed by atoms with Crippen molar-refractivity contribution in [3.05, 3.63) is 71.3 Å². The molecular weight excluding hydrogens is 350 g/mol. The highest BCUT2D eigenvalue weighted by molar-refractivity contribution is 8.13. The zero-order valence-electron chi connectivity index (χ0n) is 14.4. The van der Waals surface area contributed by atoms with Crippen LogP contribution >= 0.6 is 11.8 Å². The summed E-state index contributed by atoms with van der Waals surface area (Å²) in [6, 6.07) is 14.7. The molecule has 0 amide bonds. The Morgan fingerprint density at radius 1 is 1.04 bits per heavy atom. The lowest BCUT2D eigenvalue weighted by Crippen LogP contribution is -2.31. The molecule has 2 aromatic carbocycles. The van der Waals surface area contributed by atoms with Gasteiger partial charge in [-0.3, -0.25) is 9.59 Å². The SMILES string of the molecule is CC(=O)SCC(Cc1ccccc1)C(=O)C(N)c1ccc(C(=O)O)cc1. The van der Waals surface area contributed by atoms with Gasteiger partial charge in [0.05, 0.1) is 11.6 Å². The second-order valence-corrected chi connectivity index (χ2v) is 7.19. The van der Waals surface area contributed by atoms with Gasteiger partial charge in [0.1, 0.15) is 0 Å². The molecule has 0 spiro atoms. The number of rotatable bonds is 8. The van der Waals surface area contributed by atoms with E-state index >= 15 is 0 Å². The predicted molar refractivity (Wildman–Crippen MR) is 102 cm³/mol. The van der Waals surface area contributed by atoms with Gasteiger partial charge in [0, 0.05) is 18.6 Å². The maximum Gasteiger partial charge on any atom is 0.335 e. The largest absolute Gasteiger partial charge is 0.478 e. The summed E-state index contributed by atoms with van der Waals surface area (Å²) in [6.07, 6.45) is 0.501. The zero-order chi connectivity index (χ0) is 19.1. The predicted octanol–water partition coefficient (Wildman–Crippen LogP) is 3.09. The number of carbonyl (C=O) groups excluding carboxylic acids is 2. The summed E-state index contributed by atoms with van der Waals surface area (Å²) in [4.78, 5) is 35.2. The highest BCUT2D eigenvalue weighted by Gasteiger charge is 2.26. The quantitative estimate of drug-likeness (QED) is 0.740. The van der Waals surface area contributed by atoms with Crippen molar-refractivity contribution in [3.63, 3.8) is 0 Å². The molecule has 0 heterocycles. The molecule has 0 aliphatic heterocycles. The lowest BCUT2D eigenvalue weighted by atomic mass is 9.90. The van der Waals surface area contributed by atoms with E-state index in [-0.39, 0.29) is 16.5 Å². The van der Waals surface area contributed by atoms with E-state index < -0.39 is 17.9 Å². The molecular formula is C20H21NO4S. The van der Waals surface area contributed by atoms with Crippen molar-refractivity contribution < 1.29 is 19.5 Å². The van der Waals surface area contributed by atoms with Crippen LogP contribution in [0.2, 0.25) is 0 Å². The molecule has 0 aliphatic rings. The van der Waals surface area contributed by atoms with Crippen molar-refractivity contribution in [3.8, 4) is 0 Å². The minimum atomic E-state index is -1.03. The number of hydrogen-bond donors (Lipinski definition) is 2. The normalized spacial score (nSPS) is 13.0. The van der Waals surface area contributed by atoms with Gasteiger partial charge in [-0.25, -0.2) is 4.79 Å². The van der Waals surface area contributed by atoms with Gasteiger partial charge in [-0.1, -0.05) is 54.2 Å². The number of ketones is 1. The molecule has 2 atom stereocenters. The van der Waals surface area contributed by atoms with E-state index in [2.05, 4.69) is 0 Å². The number of carboxylic acids is 1. The molecule has 3 N–H and O–H groups in total. The van der Waals surface area contributed by atoms with E-state index in [0.717, 1.165) is 17.3 Å². The molecule has 0 saturated carbocycles. The smallest absolute Gasteiger partial charge is 0.335 e. The molecule has 136 valence electrons. The highest BCUT2D eigenvalue weighted by Crippen LogP contribution is 2.23. The van der Waals surface area contributed by atoms with E-state index in [1.54, 1.807) is 12.1 Å². The summed E-state index contributed by atoms with van der Waals surface area (Å²) in [5.41, 5.74) is 7.84. The Morgan fingerprint density at radius 2 is 1.65 bits per heavy atom. The number of Topliss-reactive ketones (excluding diaryl/α,β-unsaturated/α-hetero) is 1. The van der Waals surface area contributed by atoms with E-state index in [1.165, 1.54) is 19.1 Å². The number of carbonyl (C=O) groups is 3. The molecule has 2 unspecified atom stereocenters. The third-order valence-electron chi connectivity index (χ3n) is 4.04. The molecule has 0 radical (unpaired) electrons. The maximum absolute atomic E-state index is 12.9. The van der Waals surface area contributed by atoms with Crippen LogP contribution in [-0.2, 0) is 16.0 Å². The van der Waals surface area contributed by atoms with Crippen LogP contribution in [0.5, 0.6) is 0 Å². The zero-order valence-corrected chi connectivity index (χ0v) is 15.2. The summed E-state index contributed by atoms with van der Waals surface area (Å²) in [5, 5.41) is 8.92. The molecule has 2 rings (SSSR count). The Hall–Kier alpha value is -2.44. The molecule has 26 heavy (non-hydrogen) atoms. The van der Waals surface area contributed by atoms with Crippen LogP contribution < -0.4 is 5.73 Å². The van der Waals surface area contributed by atoms with Gasteiger partial charge >= 0.3 is 5.97 Å². The number of nitrogens with two attached hydrogens (primary N) is 1. The van der Waals surface area contributed by atoms with E-state index in [0.29, 0.717) is 17.7 Å². The number of carboxylic acid groups (broad SMARTS) is 1. The van der Waals surface area contributed by atoms with Crippen LogP contribution in [0.1, 0.15) is 34.5 Å². The Kier molecular flexibility index (Phi) is 7.12. The number of benzene rings is 2. The number of aromatic carboxylic acids is 1. The number of hydrogen-bond acceptors (Lipinski definition) is 5. The van der Waals surface area contributed by atoms with Gasteiger partial charge < -0.3 is 10.8 Å². The van der Waals surface area contributed by atoms with Gasteiger partial charge in [0.25, 0.3) is 0 Å². The van der Waals surface area contributed by atoms with E-state index in [9.17, 15) is 14.4 Å². The van der Waals surface area contributed by atoms with Gasteiger partial charge in [0.15, 0.2) is 10.9 Å². The lowest BCUT2D eigenvalue weighted by Gasteiger charge is -2.20. The Bertz CT molecular complexity index is 774.